The number of allylic oxidation sites excluding steroid dienone is 9. The van der Waals surface area contributed by atoms with Crippen LogP contribution in [0.1, 0.15) is 149 Å². The van der Waals surface area contributed by atoms with E-state index in [9.17, 15) is 33.8 Å². The van der Waals surface area contributed by atoms with Gasteiger partial charge in [-0.25, -0.2) is 9.13 Å². The first-order valence-electron chi connectivity index (χ1n) is 21.1. The van der Waals surface area contributed by atoms with E-state index in [4.69, 9.17) is 23.8 Å². The van der Waals surface area contributed by atoms with Crippen molar-refractivity contribution in [1.82, 2.24) is 0 Å². The molecule has 0 rings (SSSR count). The first kappa shape index (κ1) is 55.8. The van der Waals surface area contributed by atoms with Crippen LogP contribution in [0.2, 0.25) is 0 Å². The fourth-order valence-corrected chi connectivity index (χ4v) is 6.39. The zero-order valence-corrected chi connectivity index (χ0v) is 36.8. The van der Waals surface area contributed by atoms with E-state index in [-0.39, 0.29) is 18.9 Å². The average molecular weight is 865 g/mol. The molecule has 336 valence electrons. The summed E-state index contributed by atoms with van der Waals surface area (Å²) in [6.07, 6.45) is 35.7. The van der Waals surface area contributed by atoms with Gasteiger partial charge in [-0.2, -0.15) is 0 Å². The van der Waals surface area contributed by atoms with E-state index in [1.54, 1.807) is 0 Å². The zero-order chi connectivity index (χ0) is 43.2. The van der Waals surface area contributed by atoms with Gasteiger partial charge in [0.25, 0.3) is 0 Å². The van der Waals surface area contributed by atoms with Crippen molar-refractivity contribution in [2.75, 3.05) is 26.4 Å². The Bertz CT molecular complexity index is 1280. The Kier molecular flexibility index (Phi) is 36.3. The molecular formula is C42H74O14P2. The van der Waals surface area contributed by atoms with Gasteiger partial charge in [-0.3, -0.25) is 23.2 Å². The van der Waals surface area contributed by atoms with Crippen LogP contribution in [0.5, 0.6) is 0 Å². The number of aliphatic hydroxyl groups excluding tert-OH is 2. The van der Waals surface area contributed by atoms with E-state index in [1.165, 1.54) is 25.7 Å². The smallest absolute Gasteiger partial charge is 0.462 e. The number of unbranched alkanes of at least 4 members (excludes halogenated alkanes) is 10. The predicted molar refractivity (Wildman–Crippen MR) is 227 cm³/mol. The maximum Gasteiger partial charge on any atom is 0.472 e. The van der Waals surface area contributed by atoms with Crippen LogP contribution in [0, 0.1) is 0 Å². The molecule has 0 saturated carbocycles. The number of hydrogen-bond donors (Lipinski definition) is 5. The summed E-state index contributed by atoms with van der Waals surface area (Å²) in [5.74, 6) is -1.13. The number of ether oxygens (including phenoxy) is 2. The zero-order valence-electron chi connectivity index (χ0n) is 35.0. The van der Waals surface area contributed by atoms with Crippen LogP contribution >= 0.6 is 15.6 Å². The molecule has 0 aliphatic rings. The molecule has 4 atom stereocenters. The van der Waals surface area contributed by atoms with Crippen LogP contribution < -0.4 is 0 Å². The summed E-state index contributed by atoms with van der Waals surface area (Å²) in [5.41, 5.74) is 0. The quantitative estimate of drug-likeness (QED) is 0.0168. The highest BCUT2D eigenvalue weighted by Crippen LogP contribution is 2.43. The van der Waals surface area contributed by atoms with Gasteiger partial charge in [0, 0.05) is 12.8 Å². The van der Waals surface area contributed by atoms with Gasteiger partial charge >= 0.3 is 27.6 Å². The number of phosphoric acid groups is 2. The minimum absolute atomic E-state index is 0.0999. The Hall–Kier alpha value is -2.22. The van der Waals surface area contributed by atoms with Crippen molar-refractivity contribution in [3.8, 4) is 0 Å². The molecule has 2 unspecified atom stereocenters. The molecule has 0 aromatic rings. The second-order valence-corrected chi connectivity index (χ2v) is 16.8. The Balaban J connectivity index is 4.66. The van der Waals surface area contributed by atoms with Crippen molar-refractivity contribution in [3.05, 3.63) is 60.8 Å². The molecular weight excluding hydrogens is 790 g/mol. The van der Waals surface area contributed by atoms with Crippen molar-refractivity contribution < 1.29 is 66.7 Å². The maximum atomic E-state index is 12.6. The molecule has 0 radical (unpaired) electrons. The first-order chi connectivity index (χ1) is 27.8. The van der Waals surface area contributed by atoms with Crippen LogP contribution in [0.25, 0.3) is 0 Å². The molecule has 58 heavy (non-hydrogen) atoms. The van der Waals surface area contributed by atoms with Crippen LogP contribution in [-0.2, 0) is 41.8 Å². The van der Waals surface area contributed by atoms with Crippen LogP contribution in [0.4, 0.5) is 0 Å². The molecule has 0 aromatic heterocycles. The molecule has 0 aliphatic heterocycles. The number of rotatable bonds is 39. The van der Waals surface area contributed by atoms with Crippen molar-refractivity contribution in [1.29, 1.82) is 0 Å². The lowest BCUT2D eigenvalue weighted by molar-refractivity contribution is -0.161. The Morgan fingerprint density at radius 3 is 1.66 bits per heavy atom. The normalized spacial score (nSPS) is 15.2. The summed E-state index contributed by atoms with van der Waals surface area (Å²) in [6, 6.07) is 0. The van der Waals surface area contributed by atoms with Crippen molar-refractivity contribution in [2.24, 2.45) is 0 Å². The third-order valence-electron chi connectivity index (χ3n) is 8.42. The molecule has 0 amide bonds. The van der Waals surface area contributed by atoms with Crippen LogP contribution in [-0.4, -0.2) is 81.6 Å². The topological polar surface area (TPSA) is 216 Å². The number of aliphatic hydroxyl groups is 2. The highest BCUT2D eigenvalue weighted by Gasteiger charge is 2.28. The lowest BCUT2D eigenvalue weighted by atomic mass is 10.1. The monoisotopic (exact) mass is 864 g/mol. The number of hydrogen-bond acceptors (Lipinski definition) is 11. The van der Waals surface area contributed by atoms with E-state index in [2.05, 4.69) is 65.4 Å². The second-order valence-electron chi connectivity index (χ2n) is 14.1. The van der Waals surface area contributed by atoms with Gasteiger partial charge in [0.1, 0.15) is 12.7 Å². The third kappa shape index (κ3) is 40.6. The molecule has 16 heteroatoms. The summed E-state index contributed by atoms with van der Waals surface area (Å²) in [4.78, 5) is 52.6. The van der Waals surface area contributed by atoms with E-state index in [1.807, 2.05) is 18.2 Å². The molecule has 0 aliphatic carbocycles. The van der Waals surface area contributed by atoms with E-state index in [0.29, 0.717) is 25.7 Å². The molecule has 0 aromatic carbocycles. The van der Waals surface area contributed by atoms with Crippen LogP contribution in [0.15, 0.2) is 60.8 Å². The molecule has 0 saturated heterocycles. The number of phosphoric ester groups is 2. The van der Waals surface area contributed by atoms with Gasteiger partial charge in [-0.15, -0.1) is 0 Å². The van der Waals surface area contributed by atoms with E-state index < -0.39 is 66.2 Å². The molecule has 14 nitrogen and oxygen atoms in total. The van der Waals surface area contributed by atoms with Crippen molar-refractivity contribution in [3.63, 3.8) is 0 Å². The number of esters is 2. The number of carbonyl (C=O) groups is 2. The first-order valence-corrected chi connectivity index (χ1v) is 24.1. The van der Waals surface area contributed by atoms with Crippen LogP contribution in [0.3, 0.4) is 0 Å². The molecule has 0 spiro atoms. The van der Waals surface area contributed by atoms with Crippen molar-refractivity contribution in [2.45, 2.75) is 167 Å². The van der Waals surface area contributed by atoms with Gasteiger partial charge in [0.05, 0.1) is 25.9 Å². The maximum absolute atomic E-state index is 12.6. The largest absolute Gasteiger partial charge is 0.472 e. The van der Waals surface area contributed by atoms with Gasteiger partial charge in [0.2, 0.25) is 0 Å². The average Bonchev–Trinajstić information content (AvgIpc) is 3.17. The van der Waals surface area contributed by atoms with E-state index in [0.717, 1.165) is 70.6 Å². The minimum atomic E-state index is -4.87. The summed E-state index contributed by atoms with van der Waals surface area (Å²) in [7, 11) is -9.70. The molecule has 0 fully saturated rings. The lowest BCUT2D eigenvalue weighted by Crippen LogP contribution is -2.30. The Morgan fingerprint density at radius 1 is 0.534 bits per heavy atom. The summed E-state index contributed by atoms with van der Waals surface area (Å²) in [5, 5.41) is 19.4. The lowest BCUT2D eigenvalue weighted by Gasteiger charge is -2.20. The standard InChI is InChI=1S/C42H74O14P2/c1-3-5-6-7-8-9-10-12-17-20-23-26-29-33-42(46)56-40(37-55-58(50,51)54-35-39(44)34-53-57(47,48)49)36-52-41(45)32-28-25-22-19-16-14-11-13-15-18-21-24-27-31-38(43)30-4-2/h9-11,14-15,18-19,22,24,27,38-40,43-44H,3-8,12-13,16-17,20-21,23,25-26,28-37H2,1-2H3,(H,50,51)(H2,47,48,49)/b10-9-,14-11-,18-15-,22-19-,27-24-/t38?,39-,40+/m0/s1. The highest BCUT2D eigenvalue weighted by molar-refractivity contribution is 7.47. The van der Waals surface area contributed by atoms with Crippen molar-refractivity contribution >= 4 is 27.6 Å². The third-order valence-corrected chi connectivity index (χ3v) is 9.86. The fraction of sp³-hybridized carbons (Fsp3) is 0.714. The molecule has 0 heterocycles. The summed E-state index contributed by atoms with van der Waals surface area (Å²) < 4.78 is 47.6. The molecule has 0 bridgehead atoms. The van der Waals surface area contributed by atoms with E-state index >= 15 is 0 Å². The second kappa shape index (κ2) is 37.8. The highest BCUT2D eigenvalue weighted by atomic mass is 31.2. The summed E-state index contributed by atoms with van der Waals surface area (Å²) >= 11 is 0. The van der Waals surface area contributed by atoms with Gasteiger partial charge in [0.15, 0.2) is 6.10 Å². The van der Waals surface area contributed by atoms with Gasteiger partial charge in [-0.05, 0) is 77.0 Å². The SMILES string of the molecule is CCCCCC/C=C\CCCCCCCC(=O)O[C@H](COC(=O)CCC/C=C\C/C=C\C/C=C\C/C=C\CC(O)CCC)COP(=O)(O)OC[C@@H](O)COP(=O)(O)O. The van der Waals surface area contributed by atoms with Gasteiger partial charge < -0.3 is 34.4 Å². The minimum Gasteiger partial charge on any atom is -0.462 e. The fourth-order valence-electron chi connectivity index (χ4n) is 5.23. The Labute approximate surface area is 347 Å². The van der Waals surface area contributed by atoms with Gasteiger partial charge in [-0.1, -0.05) is 120 Å². The Morgan fingerprint density at radius 2 is 1.03 bits per heavy atom. The molecule has 5 N–H and O–H groups in total. The number of carbonyl (C=O) groups excluding carboxylic acids is 2. The summed E-state index contributed by atoms with van der Waals surface area (Å²) in [6.45, 7) is 1.45. The predicted octanol–water partition coefficient (Wildman–Crippen LogP) is 9.42.